The predicted octanol–water partition coefficient (Wildman–Crippen LogP) is 1.26. The Kier molecular flexibility index (Phi) is 2.06. The summed E-state index contributed by atoms with van der Waals surface area (Å²) in [5.74, 6) is 0.761. The summed E-state index contributed by atoms with van der Waals surface area (Å²) in [5, 5.41) is 3.80. The lowest BCUT2D eigenvalue weighted by Crippen LogP contribution is -2.02. The molecule has 0 aliphatic rings. The molecule has 1 aromatic heterocycles. The van der Waals surface area contributed by atoms with Crippen LogP contribution in [0.3, 0.4) is 0 Å². The Hall–Kier alpha value is -0.830. The fourth-order valence-electron chi connectivity index (χ4n) is 0.709. The maximum Gasteiger partial charge on any atom is 0.153 e. The number of nitrogens with zero attached hydrogens (tertiary/aromatic N) is 1. The van der Waals surface area contributed by atoms with Gasteiger partial charge >= 0.3 is 0 Å². The van der Waals surface area contributed by atoms with E-state index in [1.807, 2.05) is 19.9 Å². The van der Waals surface area contributed by atoms with Gasteiger partial charge in [0.25, 0.3) is 0 Å². The minimum Gasteiger partial charge on any atom is -0.359 e. The normalized spacial score (nSPS) is 13.5. The lowest BCUT2D eigenvalue weighted by Gasteiger charge is -1.93. The molecule has 0 amide bonds. The van der Waals surface area contributed by atoms with Gasteiger partial charge in [-0.2, -0.15) is 0 Å². The largest absolute Gasteiger partial charge is 0.359 e. The highest BCUT2D eigenvalue weighted by molar-refractivity contribution is 5.07. The van der Waals surface area contributed by atoms with Crippen molar-refractivity contribution in [1.29, 1.82) is 0 Å². The molecular formula is C7H12N2O. The van der Waals surface area contributed by atoms with Crippen LogP contribution >= 0.6 is 0 Å². The monoisotopic (exact) mass is 140 g/mol. The molecule has 0 unspecified atom stereocenters. The minimum atomic E-state index is -0.0483. The highest BCUT2D eigenvalue weighted by Gasteiger charge is 2.05. The first-order valence-corrected chi connectivity index (χ1v) is 3.45. The summed E-state index contributed by atoms with van der Waals surface area (Å²) in [4.78, 5) is 0. The molecule has 2 N–H and O–H groups in total. The molecule has 1 heterocycles. The van der Waals surface area contributed by atoms with Gasteiger partial charge in [-0.15, -0.1) is 0 Å². The second-order valence-electron chi connectivity index (χ2n) is 2.36. The van der Waals surface area contributed by atoms with Crippen molar-refractivity contribution in [3.05, 3.63) is 17.5 Å². The molecule has 0 saturated carbocycles. The van der Waals surface area contributed by atoms with Crippen LogP contribution in [0.5, 0.6) is 0 Å². The van der Waals surface area contributed by atoms with E-state index in [0.29, 0.717) is 0 Å². The molecule has 10 heavy (non-hydrogen) atoms. The summed E-state index contributed by atoms with van der Waals surface area (Å²) in [5.41, 5.74) is 6.51. The van der Waals surface area contributed by atoms with Gasteiger partial charge in [-0.3, -0.25) is 0 Å². The van der Waals surface area contributed by atoms with Crippen molar-refractivity contribution in [1.82, 2.24) is 5.16 Å². The van der Waals surface area contributed by atoms with Crippen LogP contribution in [-0.2, 0) is 6.42 Å². The zero-order chi connectivity index (χ0) is 7.56. The number of rotatable bonds is 2. The Morgan fingerprint density at radius 3 is 2.80 bits per heavy atom. The van der Waals surface area contributed by atoms with Crippen LogP contribution in [-0.4, -0.2) is 5.16 Å². The third-order valence-electron chi connectivity index (χ3n) is 1.39. The van der Waals surface area contributed by atoms with Gasteiger partial charge in [-0.05, 0) is 13.3 Å². The zero-order valence-electron chi connectivity index (χ0n) is 6.29. The molecule has 0 spiro atoms. The van der Waals surface area contributed by atoms with Crippen LogP contribution in [0.2, 0.25) is 0 Å². The SMILES string of the molecule is CCc1cc([C@H](C)N)on1. The first kappa shape index (κ1) is 7.28. The van der Waals surface area contributed by atoms with Crippen molar-refractivity contribution in [3.63, 3.8) is 0 Å². The molecule has 0 fully saturated rings. The standard InChI is InChI=1S/C7H12N2O/c1-3-6-4-7(5(2)8)10-9-6/h4-5H,3,8H2,1-2H3/t5-/m0/s1. The van der Waals surface area contributed by atoms with Crippen molar-refractivity contribution in [2.24, 2.45) is 5.73 Å². The molecule has 0 saturated heterocycles. The van der Waals surface area contributed by atoms with Crippen molar-refractivity contribution < 1.29 is 4.52 Å². The van der Waals surface area contributed by atoms with E-state index >= 15 is 0 Å². The lowest BCUT2D eigenvalue weighted by atomic mass is 10.2. The molecule has 56 valence electrons. The number of hydrogen-bond acceptors (Lipinski definition) is 3. The smallest absolute Gasteiger partial charge is 0.153 e. The van der Waals surface area contributed by atoms with E-state index in [4.69, 9.17) is 10.3 Å². The maximum absolute atomic E-state index is 5.55. The number of aryl methyl sites for hydroxylation is 1. The minimum absolute atomic E-state index is 0.0483. The summed E-state index contributed by atoms with van der Waals surface area (Å²) in [6.07, 6.45) is 0.899. The molecule has 0 aromatic carbocycles. The fraction of sp³-hybridized carbons (Fsp3) is 0.571. The van der Waals surface area contributed by atoms with Gasteiger partial charge in [0.1, 0.15) is 0 Å². The summed E-state index contributed by atoms with van der Waals surface area (Å²) in [6.45, 7) is 3.91. The molecule has 0 bridgehead atoms. The van der Waals surface area contributed by atoms with E-state index in [2.05, 4.69) is 5.16 Å². The molecule has 0 aliphatic heterocycles. The van der Waals surface area contributed by atoms with Crippen molar-refractivity contribution >= 4 is 0 Å². The second kappa shape index (κ2) is 2.84. The Labute approximate surface area is 60.2 Å². The van der Waals surface area contributed by atoms with Gasteiger partial charge in [0.2, 0.25) is 0 Å². The Morgan fingerprint density at radius 2 is 2.50 bits per heavy atom. The Balaban J connectivity index is 2.78. The summed E-state index contributed by atoms with van der Waals surface area (Å²) >= 11 is 0. The third kappa shape index (κ3) is 1.36. The highest BCUT2D eigenvalue weighted by Crippen LogP contribution is 2.10. The van der Waals surface area contributed by atoms with Crippen molar-refractivity contribution in [2.45, 2.75) is 26.3 Å². The van der Waals surface area contributed by atoms with Crippen LogP contribution in [0.1, 0.15) is 31.3 Å². The third-order valence-corrected chi connectivity index (χ3v) is 1.39. The summed E-state index contributed by atoms with van der Waals surface area (Å²) in [7, 11) is 0. The number of aromatic nitrogens is 1. The van der Waals surface area contributed by atoms with E-state index < -0.39 is 0 Å². The predicted molar refractivity (Wildman–Crippen MR) is 38.5 cm³/mol. The molecule has 1 rings (SSSR count). The number of hydrogen-bond donors (Lipinski definition) is 1. The first-order chi connectivity index (χ1) is 4.74. The van der Waals surface area contributed by atoms with Crippen LogP contribution in [0.4, 0.5) is 0 Å². The Morgan fingerprint density at radius 1 is 1.80 bits per heavy atom. The van der Waals surface area contributed by atoms with Crippen LogP contribution in [0.25, 0.3) is 0 Å². The van der Waals surface area contributed by atoms with E-state index in [1.165, 1.54) is 0 Å². The van der Waals surface area contributed by atoms with E-state index in [1.54, 1.807) is 0 Å². The van der Waals surface area contributed by atoms with Gasteiger partial charge in [0, 0.05) is 6.07 Å². The van der Waals surface area contributed by atoms with Gasteiger partial charge < -0.3 is 10.3 Å². The van der Waals surface area contributed by atoms with E-state index in [-0.39, 0.29) is 6.04 Å². The molecular weight excluding hydrogens is 128 g/mol. The molecule has 1 aromatic rings. The average molecular weight is 140 g/mol. The Bertz CT molecular complexity index is 205. The van der Waals surface area contributed by atoms with Crippen LogP contribution < -0.4 is 5.73 Å². The van der Waals surface area contributed by atoms with Crippen LogP contribution in [0, 0.1) is 0 Å². The van der Waals surface area contributed by atoms with Gasteiger partial charge in [-0.1, -0.05) is 12.1 Å². The highest BCUT2D eigenvalue weighted by atomic mass is 16.5. The quantitative estimate of drug-likeness (QED) is 0.672. The van der Waals surface area contributed by atoms with Crippen molar-refractivity contribution in [3.8, 4) is 0 Å². The molecule has 0 aliphatic carbocycles. The molecule has 3 heteroatoms. The molecule has 3 nitrogen and oxygen atoms in total. The van der Waals surface area contributed by atoms with Gasteiger partial charge in [-0.25, -0.2) is 0 Å². The summed E-state index contributed by atoms with van der Waals surface area (Å²) in [6, 6.07) is 1.85. The zero-order valence-corrected chi connectivity index (χ0v) is 6.29. The number of nitrogens with two attached hydrogens (primary N) is 1. The van der Waals surface area contributed by atoms with E-state index in [0.717, 1.165) is 17.9 Å². The maximum atomic E-state index is 5.55. The van der Waals surface area contributed by atoms with Crippen LogP contribution in [0.15, 0.2) is 10.6 Å². The topological polar surface area (TPSA) is 52.0 Å². The summed E-state index contributed by atoms with van der Waals surface area (Å²) < 4.78 is 4.94. The fourth-order valence-corrected chi connectivity index (χ4v) is 0.709. The molecule has 0 radical (unpaired) electrons. The second-order valence-corrected chi connectivity index (χ2v) is 2.36. The first-order valence-electron chi connectivity index (χ1n) is 3.45. The van der Waals surface area contributed by atoms with Gasteiger partial charge in [0.05, 0.1) is 11.7 Å². The average Bonchev–Trinajstić information content (AvgIpc) is 2.34. The van der Waals surface area contributed by atoms with E-state index in [9.17, 15) is 0 Å². The lowest BCUT2D eigenvalue weighted by molar-refractivity contribution is 0.363. The van der Waals surface area contributed by atoms with Crippen molar-refractivity contribution in [2.75, 3.05) is 0 Å². The molecule has 1 atom stereocenters. The van der Waals surface area contributed by atoms with Gasteiger partial charge in [0.15, 0.2) is 5.76 Å².